The molecule has 0 aliphatic rings. The molecule has 0 aromatic heterocycles. The molecule has 1 amide bonds. The minimum Gasteiger partial charge on any atom is -0.480 e. The van der Waals surface area contributed by atoms with Crippen LogP contribution in [0.25, 0.3) is 0 Å². The predicted molar refractivity (Wildman–Crippen MR) is 179 cm³/mol. The molecule has 0 aliphatic heterocycles. The van der Waals surface area contributed by atoms with Crippen molar-refractivity contribution in [3.05, 3.63) is 36.5 Å². The van der Waals surface area contributed by atoms with E-state index in [1.165, 1.54) is 64.2 Å². The zero-order valence-corrected chi connectivity index (χ0v) is 27.5. The molecule has 2 unspecified atom stereocenters. The lowest BCUT2D eigenvalue weighted by Crippen LogP contribution is -2.40. The first kappa shape index (κ1) is 40.6. The quantitative estimate of drug-likeness (QED) is 0.0429. The van der Waals surface area contributed by atoms with Gasteiger partial charge >= 0.3 is 11.9 Å². The van der Waals surface area contributed by atoms with E-state index in [9.17, 15) is 19.5 Å². The number of amides is 1. The van der Waals surface area contributed by atoms with Crippen LogP contribution in [0, 0.1) is 0 Å². The van der Waals surface area contributed by atoms with Gasteiger partial charge in [-0.05, 0) is 70.1 Å². The number of carboxylic acid groups (broad SMARTS) is 1. The Morgan fingerprint density at radius 2 is 1.30 bits per heavy atom. The number of ether oxygens (including phenoxy) is 1. The Labute approximate surface area is 263 Å². The standard InChI is InChI=1S/C36H64N2O5/c1-3-5-7-9-10-11-12-13-14-15-20-24-30-35(40)43-32(26-21-17-8-6-4-2)27-22-18-16-19-23-29-34(39)38-33(36(41)42)28-25-31-37/h6,8,21-22,26-27,32-33H,3-5,7,9-20,23-25,28-31,37H2,1-2H3,(H,38,39)(H,41,42)/b8-6-,26-21-,27-22-. The predicted octanol–water partition coefficient (Wildman–Crippen LogP) is 8.72. The number of allylic oxidation sites excluding steroid dienone is 4. The van der Waals surface area contributed by atoms with E-state index in [0.717, 1.165) is 44.9 Å². The number of carboxylic acids is 1. The van der Waals surface area contributed by atoms with Gasteiger partial charge in [0.15, 0.2) is 0 Å². The molecule has 4 N–H and O–H groups in total. The van der Waals surface area contributed by atoms with E-state index < -0.39 is 12.0 Å². The number of esters is 1. The molecule has 248 valence electrons. The highest BCUT2D eigenvalue weighted by Gasteiger charge is 2.18. The zero-order valence-electron chi connectivity index (χ0n) is 27.5. The summed E-state index contributed by atoms with van der Waals surface area (Å²) < 4.78 is 5.75. The van der Waals surface area contributed by atoms with Crippen molar-refractivity contribution >= 4 is 17.8 Å². The lowest BCUT2D eigenvalue weighted by atomic mass is 10.0. The van der Waals surface area contributed by atoms with Gasteiger partial charge in [0.2, 0.25) is 5.91 Å². The fourth-order valence-electron chi connectivity index (χ4n) is 4.82. The van der Waals surface area contributed by atoms with Gasteiger partial charge in [0, 0.05) is 12.8 Å². The summed E-state index contributed by atoms with van der Waals surface area (Å²) in [5.74, 6) is -1.40. The molecule has 0 radical (unpaired) electrons. The summed E-state index contributed by atoms with van der Waals surface area (Å²) in [4.78, 5) is 35.9. The number of unbranched alkanes of at least 4 members (excludes halogenated alkanes) is 14. The van der Waals surface area contributed by atoms with E-state index in [0.29, 0.717) is 38.6 Å². The van der Waals surface area contributed by atoms with Crippen molar-refractivity contribution in [2.75, 3.05) is 6.54 Å². The van der Waals surface area contributed by atoms with Crippen LogP contribution < -0.4 is 11.1 Å². The first-order chi connectivity index (χ1) is 20.9. The van der Waals surface area contributed by atoms with Gasteiger partial charge in [0.25, 0.3) is 0 Å². The maximum absolute atomic E-state index is 12.5. The van der Waals surface area contributed by atoms with E-state index in [2.05, 4.69) is 31.3 Å². The minimum absolute atomic E-state index is 0.146. The molecule has 0 saturated heterocycles. The number of nitrogens with one attached hydrogen (secondary N) is 1. The van der Waals surface area contributed by atoms with Crippen LogP contribution in [-0.2, 0) is 19.1 Å². The molecular formula is C36H64N2O5. The number of nitrogens with two attached hydrogens (primary N) is 1. The van der Waals surface area contributed by atoms with E-state index in [-0.39, 0.29) is 18.0 Å². The van der Waals surface area contributed by atoms with Gasteiger partial charge in [-0.15, -0.1) is 0 Å². The van der Waals surface area contributed by atoms with Gasteiger partial charge in [-0.2, -0.15) is 0 Å². The van der Waals surface area contributed by atoms with Crippen LogP contribution in [0.4, 0.5) is 0 Å². The van der Waals surface area contributed by atoms with Crippen molar-refractivity contribution in [1.82, 2.24) is 5.32 Å². The molecule has 0 aliphatic carbocycles. The summed E-state index contributed by atoms with van der Waals surface area (Å²) in [6.45, 7) is 4.76. The molecule has 0 aromatic rings. The molecule has 0 spiro atoms. The summed E-state index contributed by atoms with van der Waals surface area (Å²) >= 11 is 0. The van der Waals surface area contributed by atoms with Crippen molar-refractivity contribution in [2.24, 2.45) is 5.73 Å². The van der Waals surface area contributed by atoms with E-state index in [4.69, 9.17) is 10.5 Å². The Morgan fingerprint density at radius 1 is 0.721 bits per heavy atom. The number of hydrogen-bond donors (Lipinski definition) is 3. The molecule has 0 rings (SSSR count). The second-order valence-corrected chi connectivity index (χ2v) is 11.6. The highest BCUT2D eigenvalue weighted by Crippen LogP contribution is 2.13. The number of rotatable bonds is 30. The van der Waals surface area contributed by atoms with Crippen LogP contribution >= 0.6 is 0 Å². The lowest BCUT2D eigenvalue weighted by molar-refractivity contribution is -0.145. The SMILES string of the molecule is CC/C=C\C/C=C\C(/C=C\CCCCCC(=O)NC(CCCN)C(=O)O)OC(=O)CCCCCCCCCCCCCC. The largest absolute Gasteiger partial charge is 0.480 e. The van der Waals surface area contributed by atoms with Crippen molar-refractivity contribution in [3.63, 3.8) is 0 Å². The summed E-state index contributed by atoms with van der Waals surface area (Å²) in [5.41, 5.74) is 5.44. The zero-order chi connectivity index (χ0) is 31.8. The van der Waals surface area contributed by atoms with E-state index in [1.807, 2.05) is 24.3 Å². The topological polar surface area (TPSA) is 119 Å². The highest BCUT2D eigenvalue weighted by atomic mass is 16.5. The molecule has 2 atom stereocenters. The van der Waals surface area contributed by atoms with Gasteiger partial charge in [-0.1, -0.05) is 115 Å². The number of aliphatic carboxylic acids is 1. The third-order valence-electron chi connectivity index (χ3n) is 7.43. The normalized spacial score (nSPS) is 13.2. The Morgan fingerprint density at radius 3 is 1.91 bits per heavy atom. The Bertz CT molecular complexity index is 778. The molecule has 43 heavy (non-hydrogen) atoms. The van der Waals surface area contributed by atoms with Gasteiger partial charge in [-0.25, -0.2) is 4.79 Å². The van der Waals surface area contributed by atoms with Crippen LogP contribution in [-0.4, -0.2) is 41.6 Å². The number of carbonyl (C=O) groups is 3. The van der Waals surface area contributed by atoms with Crippen LogP contribution in [0.3, 0.4) is 0 Å². The second-order valence-electron chi connectivity index (χ2n) is 11.6. The third-order valence-corrected chi connectivity index (χ3v) is 7.43. The summed E-state index contributed by atoms with van der Waals surface area (Å²) in [6.07, 6.45) is 33.8. The monoisotopic (exact) mass is 604 g/mol. The number of hydrogen-bond acceptors (Lipinski definition) is 5. The maximum Gasteiger partial charge on any atom is 0.326 e. The average Bonchev–Trinajstić information content (AvgIpc) is 2.98. The first-order valence-electron chi connectivity index (χ1n) is 17.3. The smallest absolute Gasteiger partial charge is 0.326 e. The lowest BCUT2D eigenvalue weighted by Gasteiger charge is -2.13. The fraction of sp³-hybridized carbons (Fsp3) is 0.750. The van der Waals surface area contributed by atoms with E-state index in [1.54, 1.807) is 0 Å². The summed E-state index contributed by atoms with van der Waals surface area (Å²) in [7, 11) is 0. The Balaban J connectivity index is 4.28. The van der Waals surface area contributed by atoms with Crippen molar-refractivity contribution < 1.29 is 24.2 Å². The number of carbonyl (C=O) groups excluding carboxylic acids is 2. The third kappa shape index (κ3) is 28.1. The minimum atomic E-state index is -1.02. The Hall–Kier alpha value is -2.41. The van der Waals surface area contributed by atoms with Crippen LogP contribution in [0.15, 0.2) is 36.5 Å². The van der Waals surface area contributed by atoms with Crippen molar-refractivity contribution in [1.29, 1.82) is 0 Å². The van der Waals surface area contributed by atoms with Gasteiger partial charge in [0.05, 0.1) is 0 Å². The molecule has 0 saturated carbocycles. The fourth-order valence-corrected chi connectivity index (χ4v) is 4.82. The molecule has 7 nitrogen and oxygen atoms in total. The van der Waals surface area contributed by atoms with Crippen LogP contribution in [0.5, 0.6) is 0 Å². The van der Waals surface area contributed by atoms with Gasteiger partial charge < -0.3 is 20.9 Å². The molecule has 7 heteroatoms. The average molecular weight is 605 g/mol. The van der Waals surface area contributed by atoms with Gasteiger partial charge in [0.1, 0.15) is 12.1 Å². The summed E-state index contributed by atoms with van der Waals surface area (Å²) in [6, 6.07) is -0.871. The van der Waals surface area contributed by atoms with Gasteiger partial charge in [-0.3, -0.25) is 9.59 Å². The maximum atomic E-state index is 12.5. The van der Waals surface area contributed by atoms with Crippen molar-refractivity contribution in [3.8, 4) is 0 Å². The van der Waals surface area contributed by atoms with Crippen LogP contribution in [0.1, 0.15) is 155 Å². The van der Waals surface area contributed by atoms with Crippen molar-refractivity contribution in [2.45, 2.75) is 167 Å². The Kier molecular flexibility index (Phi) is 29.3. The first-order valence-corrected chi connectivity index (χ1v) is 17.3. The molecule has 0 heterocycles. The van der Waals surface area contributed by atoms with Crippen LogP contribution in [0.2, 0.25) is 0 Å². The van der Waals surface area contributed by atoms with E-state index >= 15 is 0 Å². The second kappa shape index (κ2) is 31.0. The summed E-state index contributed by atoms with van der Waals surface area (Å²) in [5, 5.41) is 11.8. The molecule has 0 bridgehead atoms. The molecule has 0 aromatic carbocycles. The highest BCUT2D eigenvalue weighted by molar-refractivity contribution is 5.83. The molecular weight excluding hydrogens is 540 g/mol. The molecule has 0 fully saturated rings.